The number of aromatic nitrogens is 4. The Morgan fingerprint density at radius 2 is 2.16 bits per heavy atom. The molecule has 1 unspecified atom stereocenters. The highest BCUT2D eigenvalue weighted by molar-refractivity contribution is 5.79. The van der Waals surface area contributed by atoms with Crippen LogP contribution in [0.1, 0.15) is 49.7 Å². The van der Waals surface area contributed by atoms with Gasteiger partial charge in [0.05, 0.1) is 24.5 Å². The Hall–Kier alpha value is -2.11. The van der Waals surface area contributed by atoms with E-state index >= 15 is 0 Å². The summed E-state index contributed by atoms with van der Waals surface area (Å²) in [7, 11) is 0. The summed E-state index contributed by atoms with van der Waals surface area (Å²) in [6, 6.07) is 0.339. The second-order valence-corrected chi connectivity index (χ2v) is 7.55. The zero-order chi connectivity index (χ0) is 18.0. The number of carbonyl (C=O) groups is 1. The monoisotopic (exact) mass is 343 g/mol. The number of likely N-dealkylation sites (tertiary alicyclic amines) is 1. The van der Waals surface area contributed by atoms with Crippen molar-refractivity contribution in [3.05, 3.63) is 35.7 Å². The maximum atomic E-state index is 12.9. The van der Waals surface area contributed by atoms with E-state index in [1.165, 1.54) is 0 Å². The van der Waals surface area contributed by atoms with Gasteiger partial charge in [-0.2, -0.15) is 5.10 Å². The highest BCUT2D eigenvalue weighted by Gasteiger charge is 2.26. The predicted octanol–water partition coefficient (Wildman–Crippen LogP) is 2.76. The Morgan fingerprint density at radius 1 is 1.36 bits per heavy atom. The van der Waals surface area contributed by atoms with E-state index in [1.807, 2.05) is 29.0 Å². The van der Waals surface area contributed by atoms with Crippen LogP contribution in [0.15, 0.2) is 18.7 Å². The van der Waals surface area contributed by atoms with Crippen molar-refractivity contribution in [2.45, 2.75) is 59.5 Å². The molecule has 3 heterocycles. The molecule has 6 heteroatoms. The molecule has 136 valence electrons. The van der Waals surface area contributed by atoms with E-state index in [0.717, 1.165) is 49.4 Å². The van der Waals surface area contributed by atoms with Crippen molar-refractivity contribution >= 4 is 5.91 Å². The summed E-state index contributed by atoms with van der Waals surface area (Å²) in [6.45, 7) is 11.0. The first-order valence-electron chi connectivity index (χ1n) is 9.23. The van der Waals surface area contributed by atoms with Crippen LogP contribution in [-0.2, 0) is 17.8 Å². The quantitative estimate of drug-likeness (QED) is 0.839. The Balaban J connectivity index is 1.69. The van der Waals surface area contributed by atoms with Crippen LogP contribution in [0.5, 0.6) is 0 Å². The number of piperidine rings is 1. The Labute approximate surface area is 149 Å². The van der Waals surface area contributed by atoms with Crippen LogP contribution >= 0.6 is 0 Å². The molecule has 0 aromatic carbocycles. The van der Waals surface area contributed by atoms with Crippen molar-refractivity contribution in [1.82, 2.24) is 24.2 Å². The number of hydrogen-bond acceptors (Lipinski definition) is 3. The fraction of sp³-hybridized carbons (Fsp3) is 0.632. The average Bonchev–Trinajstić information content (AvgIpc) is 3.19. The molecule has 1 aliphatic rings. The molecule has 3 rings (SSSR count). The first-order chi connectivity index (χ1) is 12.0. The number of rotatable bonds is 5. The standard InChI is InChI=1S/C19H29N5O/c1-14(2)11-24-16(4)18(15(3)21-24)10-19(25)22-8-5-6-17(12-22)23-9-7-20-13-23/h7,9,13-14,17H,5-6,8,10-12H2,1-4H3. The third-order valence-electron chi connectivity index (χ3n) is 5.09. The van der Waals surface area contributed by atoms with Crippen molar-refractivity contribution in [3.63, 3.8) is 0 Å². The third-order valence-corrected chi connectivity index (χ3v) is 5.09. The summed E-state index contributed by atoms with van der Waals surface area (Å²) >= 11 is 0. The molecule has 0 bridgehead atoms. The average molecular weight is 343 g/mol. The molecule has 1 fully saturated rings. The Bertz CT molecular complexity index is 717. The van der Waals surface area contributed by atoms with Crippen molar-refractivity contribution < 1.29 is 4.79 Å². The summed E-state index contributed by atoms with van der Waals surface area (Å²) in [4.78, 5) is 19.0. The van der Waals surface area contributed by atoms with Gasteiger partial charge in [-0.25, -0.2) is 4.98 Å². The van der Waals surface area contributed by atoms with Crippen LogP contribution in [0.25, 0.3) is 0 Å². The molecule has 0 N–H and O–H groups in total. The van der Waals surface area contributed by atoms with Crippen molar-refractivity contribution in [1.29, 1.82) is 0 Å². The van der Waals surface area contributed by atoms with Gasteiger partial charge in [0.1, 0.15) is 0 Å². The van der Waals surface area contributed by atoms with Crippen LogP contribution in [0.2, 0.25) is 0 Å². The third kappa shape index (κ3) is 3.94. The maximum absolute atomic E-state index is 12.9. The van der Waals surface area contributed by atoms with Gasteiger partial charge in [0.2, 0.25) is 5.91 Å². The molecule has 0 spiro atoms. The van der Waals surface area contributed by atoms with Gasteiger partial charge in [0, 0.05) is 43.3 Å². The molecular formula is C19H29N5O. The van der Waals surface area contributed by atoms with Crippen LogP contribution in [0.4, 0.5) is 0 Å². The largest absolute Gasteiger partial charge is 0.340 e. The SMILES string of the molecule is Cc1nn(CC(C)C)c(C)c1CC(=O)N1CCCC(n2ccnc2)C1. The van der Waals surface area contributed by atoms with Gasteiger partial charge < -0.3 is 9.47 Å². The van der Waals surface area contributed by atoms with Gasteiger partial charge in [-0.1, -0.05) is 13.8 Å². The van der Waals surface area contributed by atoms with Gasteiger partial charge in [-0.3, -0.25) is 9.48 Å². The van der Waals surface area contributed by atoms with E-state index in [-0.39, 0.29) is 5.91 Å². The summed E-state index contributed by atoms with van der Waals surface area (Å²) in [5.74, 6) is 0.750. The minimum atomic E-state index is 0.208. The molecule has 0 radical (unpaired) electrons. The lowest BCUT2D eigenvalue weighted by atomic mass is 10.0. The highest BCUT2D eigenvalue weighted by atomic mass is 16.2. The predicted molar refractivity (Wildman–Crippen MR) is 97.3 cm³/mol. The fourth-order valence-corrected chi connectivity index (χ4v) is 3.69. The second-order valence-electron chi connectivity index (χ2n) is 7.55. The molecule has 2 aromatic rings. The van der Waals surface area contributed by atoms with E-state index in [9.17, 15) is 4.79 Å². The van der Waals surface area contributed by atoms with Crippen molar-refractivity contribution in [2.75, 3.05) is 13.1 Å². The van der Waals surface area contributed by atoms with Crippen LogP contribution in [0, 0.1) is 19.8 Å². The molecule has 0 aliphatic carbocycles. The minimum Gasteiger partial charge on any atom is -0.340 e. The van der Waals surface area contributed by atoms with E-state index in [1.54, 1.807) is 6.20 Å². The smallest absolute Gasteiger partial charge is 0.227 e. The molecule has 1 atom stereocenters. The lowest BCUT2D eigenvalue weighted by molar-refractivity contribution is -0.132. The Morgan fingerprint density at radius 3 is 2.84 bits per heavy atom. The van der Waals surface area contributed by atoms with E-state index in [2.05, 4.69) is 35.4 Å². The van der Waals surface area contributed by atoms with Crippen LogP contribution in [-0.4, -0.2) is 43.2 Å². The molecule has 1 saturated heterocycles. The maximum Gasteiger partial charge on any atom is 0.227 e. The van der Waals surface area contributed by atoms with E-state index in [4.69, 9.17) is 0 Å². The topological polar surface area (TPSA) is 56.0 Å². The lowest BCUT2D eigenvalue weighted by Gasteiger charge is -2.33. The van der Waals surface area contributed by atoms with Crippen molar-refractivity contribution in [3.8, 4) is 0 Å². The number of aryl methyl sites for hydroxylation is 1. The highest BCUT2D eigenvalue weighted by Crippen LogP contribution is 2.23. The molecular weight excluding hydrogens is 314 g/mol. The molecule has 25 heavy (non-hydrogen) atoms. The lowest BCUT2D eigenvalue weighted by Crippen LogP contribution is -2.41. The summed E-state index contributed by atoms with van der Waals surface area (Å²) in [6.07, 6.45) is 8.23. The molecule has 6 nitrogen and oxygen atoms in total. The van der Waals surface area contributed by atoms with E-state index in [0.29, 0.717) is 18.4 Å². The van der Waals surface area contributed by atoms with Gasteiger partial charge >= 0.3 is 0 Å². The van der Waals surface area contributed by atoms with Crippen LogP contribution < -0.4 is 0 Å². The first-order valence-corrected chi connectivity index (χ1v) is 9.23. The number of imidazole rings is 1. The number of nitrogens with zero attached hydrogens (tertiary/aromatic N) is 5. The van der Waals surface area contributed by atoms with Crippen molar-refractivity contribution in [2.24, 2.45) is 5.92 Å². The summed E-state index contributed by atoms with van der Waals surface area (Å²) in [5.41, 5.74) is 3.20. The molecule has 2 aromatic heterocycles. The normalized spacial score (nSPS) is 18.1. The molecule has 1 amide bonds. The van der Waals surface area contributed by atoms with Gasteiger partial charge in [0.25, 0.3) is 0 Å². The van der Waals surface area contributed by atoms with Crippen LogP contribution in [0.3, 0.4) is 0 Å². The Kier molecular flexibility index (Phi) is 5.25. The zero-order valence-electron chi connectivity index (χ0n) is 15.8. The molecule has 1 aliphatic heterocycles. The van der Waals surface area contributed by atoms with Gasteiger partial charge in [0.15, 0.2) is 0 Å². The first kappa shape index (κ1) is 17.7. The summed E-state index contributed by atoms with van der Waals surface area (Å²) < 4.78 is 4.17. The number of hydrogen-bond donors (Lipinski definition) is 0. The molecule has 0 saturated carbocycles. The summed E-state index contributed by atoms with van der Waals surface area (Å²) in [5, 5.41) is 4.64. The zero-order valence-corrected chi connectivity index (χ0v) is 15.8. The second kappa shape index (κ2) is 7.42. The minimum absolute atomic E-state index is 0.208. The fourth-order valence-electron chi connectivity index (χ4n) is 3.69. The van der Waals surface area contributed by atoms with E-state index < -0.39 is 0 Å². The number of amides is 1. The van der Waals surface area contributed by atoms with Gasteiger partial charge in [-0.05, 0) is 32.6 Å². The van der Waals surface area contributed by atoms with Gasteiger partial charge in [-0.15, -0.1) is 0 Å². The number of carbonyl (C=O) groups excluding carboxylic acids is 1.